The Hall–Kier alpha value is -1.58. The molecule has 0 rings (SSSR count). The van der Waals surface area contributed by atoms with Gasteiger partial charge in [-0.15, -0.1) is 0 Å². The second-order valence-electron chi connectivity index (χ2n) is 2.54. The van der Waals surface area contributed by atoms with Crippen molar-refractivity contribution in [1.29, 1.82) is 0 Å². The lowest BCUT2D eigenvalue weighted by atomic mass is 10.1. The third kappa shape index (κ3) is 3.05. The SMILES string of the molecule is CC=CC(C)=C(C(=O)OC)C(=O)OC. The fourth-order valence-electron chi connectivity index (χ4n) is 0.943. The molecule has 0 heterocycles. The highest BCUT2D eigenvalue weighted by atomic mass is 16.5. The molecule has 0 bridgehead atoms. The Morgan fingerprint density at radius 3 is 1.79 bits per heavy atom. The largest absolute Gasteiger partial charge is 0.465 e. The van der Waals surface area contributed by atoms with Gasteiger partial charge in [-0.1, -0.05) is 12.2 Å². The Balaban J connectivity index is 5.18. The quantitative estimate of drug-likeness (QED) is 0.225. The van der Waals surface area contributed by atoms with Crippen molar-refractivity contribution in [3.05, 3.63) is 23.3 Å². The summed E-state index contributed by atoms with van der Waals surface area (Å²) in [6, 6.07) is 0. The van der Waals surface area contributed by atoms with E-state index in [9.17, 15) is 9.59 Å². The Morgan fingerprint density at radius 1 is 1.07 bits per heavy atom. The molecule has 0 aromatic carbocycles. The zero-order valence-corrected chi connectivity index (χ0v) is 8.79. The van der Waals surface area contributed by atoms with E-state index in [0.717, 1.165) is 0 Å². The molecule has 0 saturated carbocycles. The van der Waals surface area contributed by atoms with Gasteiger partial charge in [-0.2, -0.15) is 0 Å². The minimum atomic E-state index is -0.688. The van der Waals surface area contributed by atoms with Crippen LogP contribution in [0, 0.1) is 0 Å². The van der Waals surface area contributed by atoms with Crippen LogP contribution < -0.4 is 0 Å². The first-order valence-corrected chi connectivity index (χ1v) is 4.08. The number of allylic oxidation sites excluding steroid dienone is 3. The van der Waals surface area contributed by atoms with E-state index < -0.39 is 11.9 Å². The first-order valence-electron chi connectivity index (χ1n) is 4.08. The molecule has 0 aliphatic carbocycles. The Labute approximate surface area is 83.2 Å². The highest BCUT2D eigenvalue weighted by Gasteiger charge is 2.21. The average Bonchev–Trinajstić information content (AvgIpc) is 2.17. The van der Waals surface area contributed by atoms with Crippen molar-refractivity contribution in [3.8, 4) is 0 Å². The van der Waals surface area contributed by atoms with Crippen LogP contribution in [0.1, 0.15) is 13.8 Å². The normalized spacial score (nSPS) is 9.71. The summed E-state index contributed by atoms with van der Waals surface area (Å²) in [6.07, 6.45) is 3.37. The maximum atomic E-state index is 11.2. The third-order valence-corrected chi connectivity index (χ3v) is 1.59. The van der Waals surface area contributed by atoms with E-state index in [1.807, 2.05) is 0 Å². The minimum Gasteiger partial charge on any atom is -0.465 e. The number of hydrogen-bond donors (Lipinski definition) is 0. The van der Waals surface area contributed by atoms with Gasteiger partial charge in [-0.05, 0) is 19.4 Å². The topological polar surface area (TPSA) is 52.6 Å². The van der Waals surface area contributed by atoms with E-state index in [-0.39, 0.29) is 5.57 Å². The molecular weight excluding hydrogens is 184 g/mol. The molecule has 0 atom stereocenters. The van der Waals surface area contributed by atoms with Crippen LogP contribution >= 0.6 is 0 Å². The lowest BCUT2D eigenvalue weighted by molar-refractivity contribution is -0.144. The average molecular weight is 198 g/mol. The van der Waals surface area contributed by atoms with Crippen LogP contribution in [0.3, 0.4) is 0 Å². The van der Waals surface area contributed by atoms with Crippen molar-refractivity contribution in [2.24, 2.45) is 0 Å². The Kier molecular flexibility index (Phi) is 5.29. The molecule has 0 fully saturated rings. The maximum absolute atomic E-state index is 11.2. The fraction of sp³-hybridized carbons (Fsp3) is 0.400. The zero-order chi connectivity index (χ0) is 11.1. The zero-order valence-electron chi connectivity index (χ0n) is 8.79. The summed E-state index contributed by atoms with van der Waals surface area (Å²) in [5, 5.41) is 0. The molecule has 14 heavy (non-hydrogen) atoms. The van der Waals surface area contributed by atoms with Crippen LogP contribution in [-0.4, -0.2) is 26.2 Å². The smallest absolute Gasteiger partial charge is 0.345 e. The van der Waals surface area contributed by atoms with Gasteiger partial charge in [0.05, 0.1) is 14.2 Å². The van der Waals surface area contributed by atoms with Crippen LogP contribution in [0.5, 0.6) is 0 Å². The molecule has 0 aromatic rings. The highest BCUT2D eigenvalue weighted by molar-refractivity contribution is 6.15. The fourth-order valence-corrected chi connectivity index (χ4v) is 0.943. The van der Waals surface area contributed by atoms with Crippen molar-refractivity contribution >= 4 is 11.9 Å². The molecule has 78 valence electrons. The van der Waals surface area contributed by atoms with E-state index in [1.54, 1.807) is 26.0 Å². The molecule has 0 amide bonds. The highest BCUT2D eigenvalue weighted by Crippen LogP contribution is 2.09. The molecule has 0 saturated heterocycles. The predicted molar refractivity (Wildman–Crippen MR) is 51.5 cm³/mol. The van der Waals surface area contributed by atoms with Crippen molar-refractivity contribution in [2.75, 3.05) is 14.2 Å². The number of carbonyl (C=O) groups excluding carboxylic acids is 2. The summed E-state index contributed by atoms with van der Waals surface area (Å²) in [6.45, 7) is 3.43. The molecule has 0 unspecified atom stereocenters. The van der Waals surface area contributed by atoms with Gasteiger partial charge in [-0.25, -0.2) is 9.59 Å². The summed E-state index contributed by atoms with van der Waals surface area (Å²) >= 11 is 0. The van der Waals surface area contributed by atoms with Crippen LogP contribution in [0.4, 0.5) is 0 Å². The maximum Gasteiger partial charge on any atom is 0.345 e. The summed E-state index contributed by atoms with van der Waals surface area (Å²) in [5.41, 5.74) is 0.444. The van der Waals surface area contributed by atoms with E-state index in [0.29, 0.717) is 5.57 Å². The van der Waals surface area contributed by atoms with Gasteiger partial charge in [0.25, 0.3) is 0 Å². The van der Waals surface area contributed by atoms with E-state index in [2.05, 4.69) is 9.47 Å². The summed E-state index contributed by atoms with van der Waals surface area (Å²) in [5.74, 6) is -1.38. The van der Waals surface area contributed by atoms with Crippen molar-refractivity contribution < 1.29 is 19.1 Å². The van der Waals surface area contributed by atoms with Crippen LogP contribution in [0.2, 0.25) is 0 Å². The minimum absolute atomic E-state index is 0.0758. The molecular formula is C10H14O4. The number of hydrogen-bond acceptors (Lipinski definition) is 4. The summed E-state index contributed by atoms with van der Waals surface area (Å²) in [7, 11) is 2.43. The molecule has 4 nitrogen and oxygen atoms in total. The van der Waals surface area contributed by atoms with E-state index in [4.69, 9.17) is 0 Å². The number of ether oxygens (including phenoxy) is 2. The van der Waals surface area contributed by atoms with Crippen LogP contribution in [0.15, 0.2) is 23.3 Å². The monoisotopic (exact) mass is 198 g/mol. The Bertz CT molecular complexity index is 268. The van der Waals surface area contributed by atoms with Crippen LogP contribution in [0.25, 0.3) is 0 Å². The first kappa shape index (κ1) is 12.4. The number of methoxy groups -OCH3 is 2. The lowest BCUT2D eigenvalue weighted by Crippen LogP contribution is -2.17. The molecule has 4 heteroatoms. The van der Waals surface area contributed by atoms with Gasteiger partial charge in [0.2, 0.25) is 0 Å². The molecule has 0 aromatic heterocycles. The first-order chi connectivity index (χ1) is 6.58. The van der Waals surface area contributed by atoms with Gasteiger partial charge in [-0.3, -0.25) is 0 Å². The van der Waals surface area contributed by atoms with E-state index in [1.165, 1.54) is 14.2 Å². The van der Waals surface area contributed by atoms with Crippen LogP contribution in [-0.2, 0) is 19.1 Å². The second-order valence-corrected chi connectivity index (χ2v) is 2.54. The number of esters is 2. The number of carbonyl (C=O) groups is 2. The van der Waals surface area contributed by atoms with Crippen molar-refractivity contribution in [3.63, 3.8) is 0 Å². The molecule has 0 spiro atoms. The van der Waals surface area contributed by atoms with Crippen molar-refractivity contribution in [1.82, 2.24) is 0 Å². The van der Waals surface area contributed by atoms with Crippen molar-refractivity contribution in [2.45, 2.75) is 13.8 Å². The molecule has 0 aliphatic heterocycles. The van der Waals surface area contributed by atoms with E-state index >= 15 is 0 Å². The summed E-state index contributed by atoms with van der Waals surface area (Å²) in [4.78, 5) is 22.4. The van der Waals surface area contributed by atoms with Gasteiger partial charge in [0.15, 0.2) is 0 Å². The Morgan fingerprint density at radius 2 is 1.50 bits per heavy atom. The molecule has 0 aliphatic rings. The van der Waals surface area contributed by atoms with Gasteiger partial charge >= 0.3 is 11.9 Å². The predicted octanol–water partition coefficient (Wildman–Crippen LogP) is 1.23. The van der Waals surface area contributed by atoms with Gasteiger partial charge in [0.1, 0.15) is 5.57 Å². The second kappa shape index (κ2) is 5.96. The number of rotatable bonds is 3. The molecule has 0 N–H and O–H groups in total. The third-order valence-electron chi connectivity index (χ3n) is 1.59. The lowest BCUT2D eigenvalue weighted by Gasteiger charge is -2.05. The standard InChI is InChI=1S/C10H14O4/c1-5-6-7(2)8(9(11)13-3)10(12)14-4/h5-6H,1-4H3. The van der Waals surface area contributed by atoms with Gasteiger partial charge in [0, 0.05) is 0 Å². The van der Waals surface area contributed by atoms with Gasteiger partial charge < -0.3 is 9.47 Å². The summed E-state index contributed by atoms with van der Waals surface area (Å²) < 4.78 is 8.94. The molecule has 0 radical (unpaired) electrons.